The van der Waals surface area contributed by atoms with Crippen LogP contribution in [0.2, 0.25) is 0 Å². The predicted octanol–water partition coefficient (Wildman–Crippen LogP) is 3.69. The van der Waals surface area contributed by atoms with Crippen molar-refractivity contribution in [3.8, 4) is 11.4 Å². The SMILES string of the molecule is Cc1cc(C)c(NC(=O)CCc2nc(-c3ccsc3)no2)c(C)n1. The molecule has 6 nitrogen and oxygen atoms in total. The van der Waals surface area contributed by atoms with Crippen LogP contribution in [0.5, 0.6) is 0 Å². The molecule has 0 atom stereocenters. The van der Waals surface area contributed by atoms with Crippen molar-refractivity contribution in [3.05, 3.63) is 45.7 Å². The monoisotopic (exact) mass is 342 g/mol. The molecule has 3 aromatic heterocycles. The smallest absolute Gasteiger partial charge is 0.227 e. The zero-order valence-electron chi connectivity index (χ0n) is 13.8. The minimum absolute atomic E-state index is 0.0952. The van der Waals surface area contributed by atoms with E-state index >= 15 is 0 Å². The zero-order valence-corrected chi connectivity index (χ0v) is 14.6. The van der Waals surface area contributed by atoms with Crippen LogP contribution in [0.1, 0.15) is 29.3 Å². The van der Waals surface area contributed by atoms with Crippen LogP contribution in [0.25, 0.3) is 11.4 Å². The van der Waals surface area contributed by atoms with Gasteiger partial charge in [-0.1, -0.05) is 5.16 Å². The summed E-state index contributed by atoms with van der Waals surface area (Å²) in [6, 6.07) is 3.88. The van der Waals surface area contributed by atoms with Crippen LogP contribution in [-0.2, 0) is 11.2 Å². The van der Waals surface area contributed by atoms with Crippen molar-refractivity contribution >= 4 is 22.9 Å². The fraction of sp³-hybridized carbons (Fsp3) is 0.294. The summed E-state index contributed by atoms with van der Waals surface area (Å²) in [5, 5.41) is 10.8. The van der Waals surface area contributed by atoms with Gasteiger partial charge in [0, 0.05) is 29.5 Å². The van der Waals surface area contributed by atoms with E-state index in [4.69, 9.17) is 4.52 Å². The molecule has 3 heterocycles. The maximum atomic E-state index is 12.2. The third-order valence-corrected chi connectivity index (χ3v) is 4.29. The molecule has 1 amide bonds. The van der Waals surface area contributed by atoms with Crippen LogP contribution in [-0.4, -0.2) is 21.0 Å². The fourth-order valence-electron chi connectivity index (χ4n) is 2.50. The van der Waals surface area contributed by atoms with Crippen molar-refractivity contribution in [1.82, 2.24) is 15.1 Å². The highest BCUT2D eigenvalue weighted by Gasteiger charge is 2.13. The quantitative estimate of drug-likeness (QED) is 0.765. The first-order chi connectivity index (χ1) is 11.5. The zero-order chi connectivity index (χ0) is 17.1. The lowest BCUT2D eigenvalue weighted by Crippen LogP contribution is -2.15. The topological polar surface area (TPSA) is 80.9 Å². The van der Waals surface area contributed by atoms with Gasteiger partial charge in [0.25, 0.3) is 0 Å². The molecule has 0 aliphatic heterocycles. The van der Waals surface area contributed by atoms with Gasteiger partial charge in [-0.25, -0.2) is 0 Å². The second kappa shape index (κ2) is 6.92. The number of carbonyl (C=O) groups excluding carboxylic acids is 1. The number of aryl methyl sites for hydroxylation is 4. The van der Waals surface area contributed by atoms with Gasteiger partial charge in [-0.05, 0) is 43.8 Å². The van der Waals surface area contributed by atoms with Crippen LogP contribution in [0.4, 0.5) is 5.69 Å². The number of pyridine rings is 1. The lowest BCUT2D eigenvalue weighted by molar-refractivity contribution is -0.116. The number of carbonyl (C=O) groups is 1. The third-order valence-electron chi connectivity index (χ3n) is 3.60. The van der Waals surface area contributed by atoms with Gasteiger partial charge < -0.3 is 9.84 Å². The number of thiophene rings is 1. The van der Waals surface area contributed by atoms with E-state index in [2.05, 4.69) is 20.4 Å². The molecule has 0 unspecified atom stereocenters. The molecule has 0 aliphatic carbocycles. The molecule has 0 saturated carbocycles. The molecule has 0 fully saturated rings. The second-order valence-corrected chi connectivity index (χ2v) is 6.39. The summed E-state index contributed by atoms with van der Waals surface area (Å²) >= 11 is 1.58. The lowest BCUT2D eigenvalue weighted by atomic mass is 10.1. The van der Waals surface area contributed by atoms with Gasteiger partial charge in [0.2, 0.25) is 17.6 Å². The Hall–Kier alpha value is -2.54. The number of hydrogen-bond donors (Lipinski definition) is 1. The Kier molecular flexibility index (Phi) is 4.71. The molecule has 1 N–H and O–H groups in total. The Morgan fingerprint density at radius 1 is 1.29 bits per heavy atom. The van der Waals surface area contributed by atoms with E-state index in [1.165, 1.54) is 0 Å². The van der Waals surface area contributed by atoms with Gasteiger partial charge in [-0.15, -0.1) is 0 Å². The summed E-state index contributed by atoms with van der Waals surface area (Å²) < 4.78 is 5.20. The van der Waals surface area contributed by atoms with E-state index in [0.717, 1.165) is 28.2 Å². The fourth-order valence-corrected chi connectivity index (χ4v) is 3.13. The number of nitrogens with zero attached hydrogens (tertiary/aromatic N) is 3. The Bertz CT molecular complexity index is 832. The molecular weight excluding hydrogens is 324 g/mol. The van der Waals surface area contributed by atoms with E-state index in [9.17, 15) is 4.79 Å². The van der Waals surface area contributed by atoms with Gasteiger partial charge in [0.05, 0.1) is 11.4 Å². The van der Waals surface area contributed by atoms with Crippen LogP contribution in [0.3, 0.4) is 0 Å². The average molecular weight is 342 g/mol. The Morgan fingerprint density at radius 2 is 2.12 bits per heavy atom. The molecule has 7 heteroatoms. The van der Waals surface area contributed by atoms with E-state index < -0.39 is 0 Å². The predicted molar refractivity (Wildman–Crippen MR) is 93.0 cm³/mol. The number of aromatic nitrogens is 3. The number of nitrogens with one attached hydrogen (secondary N) is 1. The molecule has 24 heavy (non-hydrogen) atoms. The second-order valence-electron chi connectivity index (χ2n) is 5.61. The average Bonchev–Trinajstić information content (AvgIpc) is 3.19. The lowest BCUT2D eigenvalue weighted by Gasteiger charge is -2.11. The van der Waals surface area contributed by atoms with Crippen LogP contribution < -0.4 is 5.32 Å². The van der Waals surface area contributed by atoms with E-state index in [-0.39, 0.29) is 12.3 Å². The van der Waals surface area contributed by atoms with Gasteiger partial charge >= 0.3 is 0 Å². The van der Waals surface area contributed by atoms with E-state index in [0.29, 0.717) is 18.1 Å². The molecule has 124 valence electrons. The number of hydrogen-bond acceptors (Lipinski definition) is 6. The first-order valence-electron chi connectivity index (χ1n) is 7.63. The minimum Gasteiger partial charge on any atom is -0.339 e. The van der Waals surface area contributed by atoms with Crippen molar-refractivity contribution in [2.24, 2.45) is 0 Å². The van der Waals surface area contributed by atoms with Crippen molar-refractivity contribution in [2.75, 3.05) is 5.32 Å². The van der Waals surface area contributed by atoms with Gasteiger partial charge in [-0.2, -0.15) is 16.3 Å². The number of rotatable bonds is 5. The van der Waals surface area contributed by atoms with Crippen LogP contribution >= 0.6 is 11.3 Å². The summed E-state index contributed by atoms with van der Waals surface area (Å²) in [6.07, 6.45) is 0.679. The summed E-state index contributed by atoms with van der Waals surface area (Å²) in [4.78, 5) is 20.9. The van der Waals surface area contributed by atoms with Crippen LogP contribution in [0.15, 0.2) is 27.4 Å². The number of anilines is 1. The molecule has 0 aliphatic rings. The highest BCUT2D eigenvalue weighted by atomic mass is 32.1. The molecule has 0 saturated heterocycles. The first-order valence-corrected chi connectivity index (χ1v) is 8.57. The van der Waals surface area contributed by atoms with Crippen molar-refractivity contribution in [2.45, 2.75) is 33.6 Å². The molecule has 0 aromatic carbocycles. The molecule has 0 radical (unpaired) electrons. The molecule has 3 rings (SSSR count). The standard InChI is InChI=1S/C17H18N4O2S/c1-10-8-11(2)18-12(3)16(10)19-14(22)4-5-15-20-17(21-23-15)13-6-7-24-9-13/h6-9H,4-5H2,1-3H3,(H,19,22). The van der Waals surface area contributed by atoms with Crippen molar-refractivity contribution in [3.63, 3.8) is 0 Å². The van der Waals surface area contributed by atoms with Crippen molar-refractivity contribution in [1.29, 1.82) is 0 Å². The summed E-state index contributed by atoms with van der Waals surface area (Å²) in [7, 11) is 0. The Labute approximate surface area is 143 Å². The van der Waals surface area contributed by atoms with Gasteiger partial charge in [0.1, 0.15) is 0 Å². The normalized spacial score (nSPS) is 10.8. The van der Waals surface area contributed by atoms with E-state index in [1.54, 1.807) is 11.3 Å². The first kappa shape index (κ1) is 16.3. The molecular formula is C17H18N4O2S. The molecule has 0 bridgehead atoms. The summed E-state index contributed by atoms with van der Waals surface area (Å²) in [5.41, 5.74) is 4.46. The third kappa shape index (κ3) is 3.68. The van der Waals surface area contributed by atoms with Gasteiger partial charge in [-0.3, -0.25) is 9.78 Å². The van der Waals surface area contributed by atoms with Crippen LogP contribution in [0, 0.1) is 20.8 Å². The van der Waals surface area contributed by atoms with Crippen molar-refractivity contribution < 1.29 is 9.32 Å². The minimum atomic E-state index is -0.0952. The highest BCUT2D eigenvalue weighted by molar-refractivity contribution is 7.08. The number of amides is 1. The Balaban J connectivity index is 1.60. The Morgan fingerprint density at radius 3 is 2.83 bits per heavy atom. The summed E-state index contributed by atoms with van der Waals surface area (Å²) in [5.74, 6) is 0.921. The maximum Gasteiger partial charge on any atom is 0.227 e. The largest absolute Gasteiger partial charge is 0.339 e. The molecule has 0 spiro atoms. The molecule has 3 aromatic rings. The highest BCUT2D eigenvalue weighted by Crippen LogP contribution is 2.21. The maximum absolute atomic E-state index is 12.2. The van der Waals surface area contributed by atoms with E-state index in [1.807, 2.05) is 43.7 Å². The summed E-state index contributed by atoms with van der Waals surface area (Å²) in [6.45, 7) is 5.79. The van der Waals surface area contributed by atoms with Gasteiger partial charge in [0.15, 0.2) is 0 Å².